The highest BCUT2D eigenvalue weighted by Gasteiger charge is 2.20. The van der Waals surface area contributed by atoms with E-state index in [1.165, 1.54) is 12.1 Å². The van der Waals surface area contributed by atoms with Crippen LogP contribution in [0.2, 0.25) is 5.02 Å². The lowest BCUT2D eigenvalue weighted by atomic mass is 10.2. The summed E-state index contributed by atoms with van der Waals surface area (Å²) >= 11 is 5.85. The minimum Gasteiger partial charge on any atom is -0.382 e. The number of nitriles is 1. The first-order chi connectivity index (χ1) is 9.45. The highest BCUT2D eigenvalue weighted by atomic mass is 35.5. The number of carbonyl (C=O) groups is 1. The fourth-order valence-electron chi connectivity index (χ4n) is 1.51. The predicted molar refractivity (Wildman–Crippen MR) is 69.2 cm³/mol. The van der Waals surface area contributed by atoms with E-state index in [-0.39, 0.29) is 27.7 Å². The van der Waals surface area contributed by atoms with Crippen molar-refractivity contribution in [1.29, 1.82) is 5.26 Å². The Balaban J connectivity index is 2.53. The molecule has 8 nitrogen and oxygen atoms in total. The summed E-state index contributed by atoms with van der Waals surface area (Å²) in [5, 5.41) is 23.1. The van der Waals surface area contributed by atoms with Gasteiger partial charge in [0.25, 0.3) is 11.6 Å². The van der Waals surface area contributed by atoms with Crippen molar-refractivity contribution in [2.45, 2.75) is 0 Å². The molecule has 0 saturated carbocycles. The molecule has 0 unspecified atom stereocenters. The average Bonchev–Trinajstić information content (AvgIpc) is 2.79. The van der Waals surface area contributed by atoms with Gasteiger partial charge in [0, 0.05) is 12.1 Å². The standard InChI is InChI=1S/C11H6ClN5O3/c12-9-2-1-7(17(19)20)3-8(9)11(18)16-10(14)6(4-13)5-15-16/h1-3,5H,14H2. The molecular weight excluding hydrogens is 286 g/mol. The summed E-state index contributed by atoms with van der Waals surface area (Å²) in [5.41, 5.74) is 5.20. The fraction of sp³-hybridized carbons (Fsp3) is 0. The van der Waals surface area contributed by atoms with Gasteiger partial charge in [0.15, 0.2) is 0 Å². The third kappa shape index (κ3) is 2.17. The van der Waals surface area contributed by atoms with Crippen LogP contribution in [0.15, 0.2) is 24.4 Å². The van der Waals surface area contributed by atoms with E-state index in [0.29, 0.717) is 0 Å². The molecule has 0 bridgehead atoms. The molecule has 2 rings (SSSR count). The van der Waals surface area contributed by atoms with Crippen LogP contribution < -0.4 is 5.73 Å². The monoisotopic (exact) mass is 291 g/mol. The van der Waals surface area contributed by atoms with Gasteiger partial charge in [-0.1, -0.05) is 11.6 Å². The molecule has 0 spiro atoms. The number of anilines is 1. The van der Waals surface area contributed by atoms with E-state index in [9.17, 15) is 14.9 Å². The maximum atomic E-state index is 12.2. The Hall–Kier alpha value is -2.92. The number of rotatable bonds is 2. The van der Waals surface area contributed by atoms with E-state index in [4.69, 9.17) is 22.6 Å². The van der Waals surface area contributed by atoms with Gasteiger partial charge in [-0.3, -0.25) is 14.9 Å². The molecule has 0 amide bonds. The first-order valence-electron chi connectivity index (χ1n) is 5.18. The van der Waals surface area contributed by atoms with Crippen molar-refractivity contribution in [1.82, 2.24) is 9.78 Å². The van der Waals surface area contributed by atoms with Gasteiger partial charge in [-0.25, -0.2) is 0 Å². The van der Waals surface area contributed by atoms with Crippen molar-refractivity contribution in [3.8, 4) is 6.07 Å². The van der Waals surface area contributed by atoms with E-state index in [0.717, 1.165) is 16.9 Å². The zero-order valence-electron chi connectivity index (χ0n) is 9.78. The molecule has 0 aliphatic carbocycles. The lowest BCUT2D eigenvalue weighted by Gasteiger charge is -2.05. The van der Waals surface area contributed by atoms with Gasteiger partial charge in [0.2, 0.25) is 0 Å². The minimum absolute atomic E-state index is 0.0222. The maximum Gasteiger partial charge on any atom is 0.281 e. The van der Waals surface area contributed by atoms with Crippen molar-refractivity contribution >= 4 is 29.0 Å². The number of nitro groups is 1. The number of nitrogens with two attached hydrogens (primary N) is 1. The van der Waals surface area contributed by atoms with Gasteiger partial charge in [0.05, 0.1) is 21.7 Å². The van der Waals surface area contributed by atoms with Gasteiger partial charge in [-0.15, -0.1) is 0 Å². The van der Waals surface area contributed by atoms with Crippen LogP contribution >= 0.6 is 11.6 Å². The lowest BCUT2D eigenvalue weighted by Crippen LogP contribution is -2.17. The normalized spacial score (nSPS) is 10.0. The smallest absolute Gasteiger partial charge is 0.281 e. The van der Waals surface area contributed by atoms with Gasteiger partial charge in [0.1, 0.15) is 17.5 Å². The van der Waals surface area contributed by atoms with E-state index in [1.54, 1.807) is 6.07 Å². The van der Waals surface area contributed by atoms with Gasteiger partial charge in [-0.05, 0) is 6.07 Å². The topological polar surface area (TPSA) is 128 Å². The highest BCUT2D eigenvalue weighted by molar-refractivity contribution is 6.34. The Bertz CT molecular complexity index is 762. The molecule has 1 aromatic carbocycles. The zero-order chi connectivity index (χ0) is 14.9. The van der Waals surface area contributed by atoms with Gasteiger partial charge < -0.3 is 5.73 Å². The molecular formula is C11H6ClN5O3. The van der Waals surface area contributed by atoms with Crippen LogP contribution in [0.5, 0.6) is 0 Å². The second-order valence-corrected chi connectivity index (χ2v) is 4.10. The molecule has 0 aliphatic heterocycles. The molecule has 0 atom stereocenters. The van der Waals surface area contributed by atoms with Crippen molar-refractivity contribution in [2.75, 3.05) is 5.73 Å². The number of nitro benzene ring substituents is 1. The first-order valence-corrected chi connectivity index (χ1v) is 5.55. The number of halogens is 1. The van der Waals surface area contributed by atoms with Crippen LogP contribution in [0.3, 0.4) is 0 Å². The largest absolute Gasteiger partial charge is 0.382 e. The summed E-state index contributed by atoms with van der Waals surface area (Å²) in [6.45, 7) is 0. The summed E-state index contributed by atoms with van der Waals surface area (Å²) in [6.07, 6.45) is 1.12. The lowest BCUT2D eigenvalue weighted by molar-refractivity contribution is -0.384. The van der Waals surface area contributed by atoms with E-state index in [2.05, 4.69) is 5.10 Å². The van der Waals surface area contributed by atoms with Crippen molar-refractivity contribution < 1.29 is 9.72 Å². The molecule has 0 aliphatic rings. The SMILES string of the molecule is N#Cc1cnn(C(=O)c2cc([N+](=O)[O-])ccc2Cl)c1N. The average molecular weight is 292 g/mol. The molecule has 1 aromatic heterocycles. The number of nitrogen functional groups attached to an aromatic ring is 1. The zero-order valence-corrected chi connectivity index (χ0v) is 10.5. The molecule has 0 saturated heterocycles. The molecule has 20 heavy (non-hydrogen) atoms. The van der Waals surface area contributed by atoms with Crippen LogP contribution in [0.25, 0.3) is 0 Å². The molecule has 2 N–H and O–H groups in total. The molecule has 1 heterocycles. The Morgan fingerprint density at radius 3 is 2.80 bits per heavy atom. The second kappa shape index (κ2) is 4.99. The number of aromatic nitrogens is 2. The molecule has 2 aromatic rings. The first kappa shape index (κ1) is 13.5. The Morgan fingerprint density at radius 2 is 2.25 bits per heavy atom. The Kier molecular flexibility index (Phi) is 3.37. The number of nitrogens with zero attached hydrogens (tertiary/aromatic N) is 4. The summed E-state index contributed by atoms with van der Waals surface area (Å²) in [6, 6.07) is 5.20. The van der Waals surface area contributed by atoms with Crippen molar-refractivity contribution in [3.63, 3.8) is 0 Å². The van der Waals surface area contributed by atoms with Gasteiger partial charge in [-0.2, -0.15) is 15.0 Å². The van der Waals surface area contributed by atoms with Crippen LogP contribution in [0.1, 0.15) is 15.9 Å². The highest BCUT2D eigenvalue weighted by Crippen LogP contribution is 2.24. The van der Waals surface area contributed by atoms with E-state index < -0.39 is 10.8 Å². The Labute approximate surface area is 117 Å². The van der Waals surface area contributed by atoms with Crippen molar-refractivity contribution in [2.24, 2.45) is 0 Å². The van der Waals surface area contributed by atoms with E-state index in [1.807, 2.05) is 0 Å². The summed E-state index contributed by atoms with van der Waals surface area (Å²) < 4.78 is 0.767. The molecule has 0 radical (unpaired) electrons. The van der Waals surface area contributed by atoms with Crippen molar-refractivity contribution in [3.05, 3.63) is 50.7 Å². The second-order valence-electron chi connectivity index (χ2n) is 3.69. The number of non-ortho nitro benzene ring substituents is 1. The Morgan fingerprint density at radius 1 is 1.55 bits per heavy atom. The number of carbonyl (C=O) groups excluding carboxylic acids is 1. The van der Waals surface area contributed by atoms with E-state index >= 15 is 0 Å². The number of hydrogen-bond acceptors (Lipinski definition) is 6. The predicted octanol–water partition coefficient (Wildman–Crippen LogP) is 1.59. The third-order valence-electron chi connectivity index (χ3n) is 2.51. The summed E-state index contributed by atoms with van der Waals surface area (Å²) in [5.74, 6) is -0.905. The van der Waals surface area contributed by atoms with Crippen LogP contribution in [-0.4, -0.2) is 20.6 Å². The number of hydrogen-bond donors (Lipinski definition) is 1. The minimum atomic E-state index is -0.752. The van der Waals surface area contributed by atoms with Crippen LogP contribution in [0, 0.1) is 21.4 Å². The van der Waals surface area contributed by atoms with Gasteiger partial charge >= 0.3 is 0 Å². The number of benzene rings is 1. The summed E-state index contributed by atoms with van der Waals surface area (Å²) in [4.78, 5) is 22.2. The maximum absolute atomic E-state index is 12.2. The third-order valence-corrected chi connectivity index (χ3v) is 2.84. The van der Waals surface area contributed by atoms with Crippen LogP contribution in [-0.2, 0) is 0 Å². The molecule has 100 valence electrons. The van der Waals surface area contributed by atoms with Crippen LogP contribution in [0.4, 0.5) is 11.5 Å². The fourth-order valence-corrected chi connectivity index (χ4v) is 1.71. The summed E-state index contributed by atoms with van der Waals surface area (Å²) in [7, 11) is 0. The quantitative estimate of drug-likeness (QED) is 0.661. The molecule has 0 fully saturated rings. The molecule has 9 heteroatoms.